The summed E-state index contributed by atoms with van der Waals surface area (Å²) in [5.74, 6) is 0.463. The number of likely N-dealkylation sites (N-methyl/N-ethyl adjacent to an activating group) is 1. The van der Waals surface area contributed by atoms with Gasteiger partial charge in [-0.2, -0.15) is 0 Å². The van der Waals surface area contributed by atoms with E-state index in [0.29, 0.717) is 19.0 Å². The summed E-state index contributed by atoms with van der Waals surface area (Å²) in [5, 5.41) is 11.7. The molecular weight excluding hydrogens is 192 g/mol. The minimum absolute atomic E-state index is 0.0547. The molecule has 0 fully saturated rings. The maximum absolute atomic E-state index is 11.4. The van der Waals surface area contributed by atoms with Gasteiger partial charge in [-0.15, -0.1) is 0 Å². The lowest BCUT2D eigenvalue weighted by molar-refractivity contribution is -0.121. The third-order valence-electron chi connectivity index (χ3n) is 2.28. The number of rotatable bonds is 8. The van der Waals surface area contributed by atoms with Crippen molar-refractivity contribution in [1.29, 1.82) is 0 Å². The number of hydrogen-bond donors (Lipinski definition) is 2. The average molecular weight is 216 g/mol. The molecule has 0 rings (SSSR count). The van der Waals surface area contributed by atoms with E-state index < -0.39 is 0 Å². The quantitative estimate of drug-likeness (QED) is 0.620. The Morgan fingerprint density at radius 3 is 2.53 bits per heavy atom. The molecule has 0 bridgehead atoms. The summed E-state index contributed by atoms with van der Waals surface area (Å²) < 4.78 is 0. The fraction of sp³-hybridized carbons (Fsp3) is 0.909. The lowest BCUT2D eigenvalue weighted by Gasteiger charge is -2.16. The SMILES string of the molecule is CCCC(CCO)CNC(=O)CN(C)C. The van der Waals surface area contributed by atoms with Crippen molar-refractivity contribution >= 4 is 5.91 Å². The Balaban J connectivity index is 3.72. The topological polar surface area (TPSA) is 52.6 Å². The molecule has 4 heteroatoms. The zero-order chi connectivity index (χ0) is 11.7. The molecule has 0 saturated heterocycles. The Morgan fingerprint density at radius 2 is 2.07 bits per heavy atom. The van der Waals surface area contributed by atoms with Crippen LogP contribution in [0, 0.1) is 5.92 Å². The molecule has 0 aromatic heterocycles. The Hall–Kier alpha value is -0.610. The number of nitrogens with one attached hydrogen (secondary N) is 1. The first-order valence-corrected chi connectivity index (χ1v) is 5.62. The molecule has 1 atom stereocenters. The predicted octanol–water partition coefficient (Wildman–Crippen LogP) is 0.463. The molecule has 0 aliphatic carbocycles. The first kappa shape index (κ1) is 14.4. The smallest absolute Gasteiger partial charge is 0.234 e. The summed E-state index contributed by atoms with van der Waals surface area (Å²) in [6.45, 7) is 3.43. The van der Waals surface area contributed by atoms with E-state index in [1.807, 2.05) is 19.0 Å². The molecule has 0 aromatic rings. The fourth-order valence-electron chi connectivity index (χ4n) is 1.54. The lowest BCUT2D eigenvalue weighted by atomic mass is 10.0. The van der Waals surface area contributed by atoms with Gasteiger partial charge in [0.15, 0.2) is 0 Å². The Labute approximate surface area is 92.7 Å². The number of amides is 1. The standard InChI is InChI=1S/C11H24N2O2/c1-4-5-10(6-7-14)8-12-11(15)9-13(2)3/h10,14H,4-9H2,1-3H3,(H,12,15). The molecule has 0 radical (unpaired) electrons. The average Bonchev–Trinajstić information content (AvgIpc) is 2.14. The van der Waals surface area contributed by atoms with Gasteiger partial charge >= 0.3 is 0 Å². The van der Waals surface area contributed by atoms with E-state index in [-0.39, 0.29) is 12.5 Å². The zero-order valence-corrected chi connectivity index (χ0v) is 10.1. The molecule has 2 N–H and O–H groups in total. The molecular formula is C11H24N2O2. The number of aliphatic hydroxyl groups excluding tert-OH is 1. The van der Waals surface area contributed by atoms with Crippen molar-refractivity contribution in [3.8, 4) is 0 Å². The maximum atomic E-state index is 11.4. The van der Waals surface area contributed by atoms with E-state index in [2.05, 4.69) is 12.2 Å². The number of carbonyl (C=O) groups excluding carboxylic acids is 1. The maximum Gasteiger partial charge on any atom is 0.234 e. The molecule has 90 valence electrons. The highest BCUT2D eigenvalue weighted by molar-refractivity contribution is 5.77. The lowest BCUT2D eigenvalue weighted by Crippen LogP contribution is -2.36. The Morgan fingerprint density at radius 1 is 1.40 bits per heavy atom. The van der Waals surface area contributed by atoms with Gasteiger partial charge in [-0.05, 0) is 32.9 Å². The second kappa shape index (κ2) is 8.68. The summed E-state index contributed by atoms with van der Waals surface area (Å²) in [7, 11) is 3.74. The molecule has 1 unspecified atom stereocenters. The minimum atomic E-state index is 0.0547. The van der Waals surface area contributed by atoms with Crippen LogP contribution in [-0.4, -0.2) is 49.7 Å². The summed E-state index contributed by atoms with van der Waals surface area (Å²) in [5.41, 5.74) is 0. The summed E-state index contributed by atoms with van der Waals surface area (Å²) in [6, 6.07) is 0. The Kier molecular flexibility index (Phi) is 8.33. The monoisotopic (exact) mass is 216 g/mol. The first-order chi connectivity index (χ1) is 7.10. The van der Waals surface area contributed by atoms with Gasteiger partial charge in [-0.1, -0.05) is 13.3 Å². The van der Waals surface area contributed by atoms with E-state index in [4.69, 9.17) is 5.11 Å². The van der Waals surface area contributed by atoms with Crippen LogP contribution >= 0.6 is 0 Å². The molecule has 0 spiro atoms. The molecule has 0 saturated carbocycles. The third kappa shape index (κ3) is 8.39. The van der Waals surface area contributed by atoms with E-state index in [1.165, 1.54) is 0 Å². The van der Waals surface area contributed by atoms with E-state index in [1.54, 1.807) is 0 Å². The van der Waals surface area contributed by atoms with Crippen LogP contribution in [0.4, 0.5) is 0 Å². The molecule has 0 aliphatic heterocycles. The van der Waals surface area contributed by atoms with Crippen molar-refractivity contribution in [2.75, 3.05) is 33.8 Å². The molecule has 1 amide bonds. The van der Waals surface area contributed by atoms with Gasteiger partial charge in [-0.25, -0.2) is 0 Å². The molecule has 0 aromatic carbocycles. The Bertz CT molecular complexity index is 166. The van der Waals surface area contributed by atoms with Crippen LogP contribution in [0.15, 0.2) is 0 Å². The van der Waals surface area contributed by atoms with Gasteiger partial charge in [0.2, 0.25) is 5.91 Å². The number of carbonyl (C=O) groups is 1. The van der Waals surface area contributed by atoms with Crippen LogP contribution < -0.4 is 5.32 Å². The molecule has 4 nitrogen and oxygen atoms in total. The number of aliphatic hydroxyl groups is 1. The number of hydrogen-bond acceptors (Lipinski definition) is 3. The van der Waals surface area contributed by atoms with E-state index in [0.717, 1.165) is 19.3 Å². The summed E-state index contributed by atoms with van der Waals surface area (Å²) in [4.78, 5) is 13.2. The third-order valence-corrected chi connectivity index (χ3v) is 2.28. The fourth-order valence-corrected chi connectivity index (χ4v) is 1.54. The summed E-state index contributed by atoms with van der Waals surface area (Å²) >= 11 is 0. The van der Waals surface area contributed by atoms with Crippen molar-refractivity contribution < 1.29 is 9.90 Å². The van der Waals surface area contributed by atoms with Crippen molar-refractivity contribution in [3.63, 3.8) is 0 Å². The zero-order valence-electron chi connectivity index (χ0n) is 10.1. The second-order valence-electron chi connectivity index (χ2n) is 4.21. The van der Waals surface area contributed by atoms with Crippen LogP contribution in [0.1, 0.15) is 26.2 Å². The van der Waals surface area contributed by atoms with Gasteiger partial charge in [0.1, 0.15) is 0 Å². The van der Waals surface area contributed by atoms with E-state index >= 15 is 0 Å². The highest BCUT2D eigenvalue weighted by Crippen LogP contribution is 2.09. The van der Waals surface area contributed by atoms with Gasteiger partial charge in [0, 0.05) is 13.2 Å². The van der Waals surface area contributed by atoms with Crippen molar-refractivity contribution in [2.45, 2.75) is 26.2 Å². The van der Waals surface area contributed by atoms with Crippen LogP contribution in [-0.2, 0) is 4.79 Å². The van der Waals surface area contributed by atoms with Crippen molar-refractivity contribution in [2.24, 2.45) is 5.92 Å². The minimum Gasteiger partial charge on any atom is -0.396 e. The van der Waals surface area contributed by atoms with Crippen LogP contribution in [0.25, 0.3) is 0 Å². The largest absolute Gasteiger partial charge is 0.396 e. The van der Waals surface area contributed by atoms with Gasteiger partial charge in [0.25, 0.3) is 0 Å². The number of nitrogens with zero attached hydrogens (tertiary/aromatic N) is 1. The van der Waals surface area contributed by atoms with Crippen LogP contribution in [0.5, 0.6) is 0 Å². The van der Waals surface area contributed by atoms with Gasteiger partial charge < -0.3 is 15.3 Å². The first-order valence-electron chi connectivity index (χ1n) is 5.62. The normalized spacial score (nSPS) is 12.9. The highest BCUT2D eigenvalue weighted by atomic mass is 16.3. The molecule has 0 aliphatic rings. The summed E-state index contributed by atoms with van der Waals surface area (Å²) in [6.07, 6.45) is 2.92. The van der Waals surface area contributed by atoms with E-state index in [9.17, 15) is 4.79 Å². The second-order valence-corrected chi connectivity index (χ2v) is 4.21. The van der Waals surface area contributed by atoms with Crippen LogP contribution in [0.2, 0.25) is 0 Å². The molecule has 0 heterocycles. The van der Waals surface area contributed by atoms with Crippen molar-refractivity contribution in [1.82, 2.24) is 10.2 Å². The highest BCUT2D eigenvalue weighted by Gasteiger charge is 2.09. The predicted molar refractivity (Wildman–Crippen MR) is 61.7 cm³/mol. The van der Waals surface area contributed by atoms with Crippen LogP contribution in [0.3, 0.4) is 0 Å². The van der Waals surface area contributed by atoms with Crippen molar-refractivity contribution in [3.05, 3.63) is 0 Å². The van der Waals surface area contributed by atoms with Gasteiger partial charge in [0.05, 0.1) is 6.54 Å². The molecule has 15 heavy (non-hydrogen) atoms. The van der Waals surface area contributed by atoms with Gasteiger partial charge in [-0.3, -0.25) is 4.79 Å².